The van der Waals surface area contributed by atoms with Gasteiger partial charge in [-0.15, -0.1) is 0 Å². The van der Waals surface area contributed by atoms with Crippen LogP contribution in [0, 0.1) is 0 Å². The first kappa shape index (κ1) is 19.6. The molecule has 0 heterocycles. The minimum Gasteiger partial charge on any atom is -0.311 e. The minimum absolute atomic E-state index is 0.295. The molecule has 1 N–H and O–H groups in total. The third-order valence-corrected chi connectivity index (χ3v) is 5.02. The Balaban J connectivity index is 2.06. The van der Waals surface area contributed by atoms with Gasteiger partial charge in [-0.2, -0.15) is 0 Å². The van der Waals surface area contributed by atoms with E-state index in [1.807, 2.05) is 24.3 Å². The van der Waals surface area contributed by atoms with Crippen LogP contribution in [-0.4, -0.2) is 24.5 Å². The van der Waals surface area contributed by atoms with Crippen molar-refractivity contribution in [2.75, 3.05) is 19.6 Å². The predicted molar refractivity (Wildman–Crippen MR) is 105 cm³/mol. The molecule has 2 aromatic rings. The molecule has 2 rings (SSSR count). The summed E-state index contributed by atoms with van der Waals surface area (Å²) in [6, 6.07) is 14.0. The first-order valence-electron chi connectivity index (χ1n) is 8.19. The monoisotopic (exact) mass is 384 g/mol. The Morgan fingerprint density at radius 2 is 1.54 bits per heavy atom. The van der Waals surface area contributed by atoms with Crippen molar-refractivity contribution in [1.29, 1.82) is 0 Å². The quantitative estimate of drug-likeness (QED) is 0.616. The highest BCUT2D eigenvalue weighted by atomic mass is 35.5. The van der Waals surface area contributed by atoms with Crippen molar-refractivity contribution in [2.45, 2.75) is 26.4 Å². The van der Waals surface area contributed by atoms with E-state index in [0.29, 0.717) is 22.6 Å². The number of hydrogen-bond acceptors (Lipinski definition) is 2. The molecule has 2 aromatic carbocycles. The molecule has 0 amide bonds. The van der Waals surface area contributed by atoms with Crippen molar-refractivity contribution in [3.63, 3.8) is 0 Å². The number of hydrogen-bond donors (Lipinski definition) is 1. The van der Waals surface area contributed by atoms with Gasteiger partial charge in [-0.3, -0.25) is 4.90 Å². The lowest BCUT2D eigenvalue weighted by molar-refractivity contribution is 0.213. The number of benzene rings is 2. The summed E-state index contributed by atoms with van der Waals surface area (Å²) in [6.45, 7) is 7.90. The highest BCUT2D eigenvalue weighted by Gasteiger charge is 2.17. The molecule has 0 fully saturated rings. The average Bonchev–Trinajstić information content (AvgIpc) is 2.57. The first-order valence-corrected chi connectivity index (χ1v) is 9.32. The SMILES string of the molecule is CCN(CC)C(CNCc1ccc(Cl)cc1Cl)c1ccc(Cl)cc1. The van der Waals surface area contributed by atoms with Crippen molar-refractivity contribution in [2.24, 2.45) is 0 Å². The summed E-state index contributed by atoms with van der Waals surface area (Å²) in [5.74, 6) is 0. The van der Waals surface area contributed by atoms with E-state index in [1.54, 1.807) is 6.07 Å². The van der Waals surface area contributed by atoms with Crippen molar-refractivity contribution in [3.05, 3.63) is 68.7 Å². The van der Waals surface area contributed by atoms with Crippen LogP contribution in [0.15, 0.2) is 42.5 Å². The smallest absolute Gasteiger partial charge is 0.0472 e. The van der Waals surface area contributed by atoms with E-state index in [-0.39, 0.29) is 0 Å². The molecule has 24 heavy (non-hydrogen) atoms. The Morgan fingerprint density at radius 1 is 0.917 bits per heavy atom. The van der Waals surface area contributed by atoms with E-state index in [9.17, 15) is 0 Å². The lowest BCUT2D eigenvalue weighted by Crippen LogP contribution is -2.35. The molecule has 0 bridgehead atoms. The van der Waals surface area contributed by atoms with Gasteiger partial charge in [-0.05, 0) is 48.5 Å². The first-order chi connectivity index (χ1) is 11.5. The molecular formula is C19H23Cl3N2. The number of nitrogens with zero attached hydrogens (tertiary/aromatic N) is 1. The van der Waals surface area contributed by atoms with Gasteiger partial charge in [0.05, 0.1) is 0 Å². The standard InChI is InChI=1S/C19H23Cl3N2/c1-3-24(4-2)19(14-5-8-16(20)9-6-14)13-23-12-15-7-10-17(21)11-18(15)22/h5-11,19,23H,3-4,12-13H2,1-2H3. The normalized spacial score (nSPS) is 12.6. The molecule has 5 heteroatoms. The maximum absolute atomic E-state index is 6.25. The highest BCUT2D eigenvalue weighted by Crippen LogP contribution is 2.23. The van der Waals surface area contributed by atoms with Gasteiger partial charge in [0.25, 0.3) is 0 Å². The van der Waals surface area contributed by atoms with Crippen LogP contribution in [0.4, 0.5) is 0 Å². The zero-order valence-corrected chi connectivity index (χ0v) is 16.3. The Kier molecular flexibility index (Phi) is 7.86. The second kappa shape index (κ2) is 9.65. The van der Waals surface area contributed by atoms with Gasteiger partial charge in [-0.1, -0.05) is 66.8 Å². The van der Waals surface area contributed by atoms with E-state index in [4.69, 9.17) is 34.8 Å². The van der Waals surface area contributed by atoms with Crippen LogP contribution >= 0.6 is 34.8 Å². The van der Waals surface area contributed by atoms with E-state index in [0.717, 1.165) is 30.2 Å². The molecule has 1 atom stereocenters. The van der Waals surface area contributed by atoms with E-state index in [2.05, 4.69) is 36.2 Å². The van der Waals surface area contributed by atoms with Gasteiger partial charge in [0.1, 0.15) is 0 Å². The van der Waals surface area contributed by atoms with Crippen LogP contribution in [0.2, 0.25) is 15.1 Å². The molecule has 0 saturated heterocycles. The van der Waals surface area contributed by atoms with Gasteiger partial charge in [0, 0.05) is 34.2 Å². The maximum Gasteiger partial charge on any atom is 0.0472 e. The molecule has 0 radical (unpaired) electrons. The summed E-state index contributed by atoms with van der Waals surface area (Å²) in [4.78, 5) is 2.43. The Morgan fingerprint density at radius 3 is 2.12 bits per heavy atom. The molecule has 130 valence electrons. The van der Waals surface area contributed by atoms with Gasteiger partial charge in [0.15, 0.2) is 0 Å². The van der Waals surface area contributed by atoms with Crippen LogP contribution in [0.25, 0.3) is 0 Å². The number of likely N-dealkylation sites (N-methyl/N-ethyl adjacent to an activating group) is 1. The van der Waals surface area contributed by atoms with Gasteiger partial charge < -0.3 is 5.32 Å². The fraction of sp³-hybridized carbons (Fsp3) is 0.368. The van der Waals surface area contributed by atoms with Crippen molar-refractivity contribution < 1.29 is 0 Å². The molecule has 0 spiro atoms. The summed E-state index contributed by atoms with van der Waals surface area (Å²) in [7, 11) is 0. The number of nitrogens with one attached hydrogen (secondary N) is 1. The second-order valence-corrected chi connectivity index (χ2v) is 6.94. The fourth-order valence-electron chi connectivity index (χ4n) is 2.82. The lowest BCUT2D eigenvalue weighted by atomic mass is 10.0. The van der Waals surface area contributed by atoms with Crippen LogP contribution in [0.1, 0.15) is 31.0 Å². The van der Waals surface area contributed by atoms with Gasteiger partial charge in [-0.25, -0.2) is 0 Å². The summed E-state index contributed by atoms with van der Waals surface area (Å²) >= 11 is 18.2. The largest absolute Gasteiger partial charge is 0.311 e. The molecule has 0 aromatic heterocycles. The van der Waals surface area contributed by atoms with Crippen molar-refractivity contribution >= 4 is 34.8 Å². The second-order valence-electron chi connectivity index (χ2n) is 5.66. The summed E-state index contributed by atoms with van der Waals surface area (Å²) in [5, 5.41) is 5.64. The van der Waals surface area contributed by atoms with Crippen LogP contribution in [-0.2, 0) is 6.54 Å². The summed E-state index contributed by atoms with van der Waals surface area (Å²) in [5.41, 5.74) is 2.31. The summed E-state index contributed by atoms with van der Waals surface area (Å²) < 4.78 is 0. The van der Waals surface area contributed by atoms with Crippen molar-refractivity contribution in [1.82, 2.24) is 10.2 Å². The molecule has 0 aliphatic heterocycles. The Bertz CT molecular complexity index is 640. The third kappa shape index (κ3) is 5.37. The van der Waals surface area contributed by atoms with E-state index >= 15 is 0 Å². The molecule has 0 aliphatic carbocycles. The Labute approximate surface area is 159 Å². The van der Waals surface area contributed by atoms with Gasteiger partial charge >= 0.3 is 0 Å². The van der Waals surface area contributed by atoms with E-state index in [1.165, 1.54) is 5.56 Å². The molecule has 2 nitrogen and oxygen atoms in total. The average molecular weight is 386 g/mol. The van der Waals surface area contributed by atoms with Gasteiger partial charge in [0.2, 0.25) is 0 Å². The molecular weight excluding hydrogens is 363 g/mol. The maximum atomic E-state index is 6.25. The number of rotatable bonds is 8. The summed E-state index contributed by atoms with van der Waals surface area (Å²) in [6.07, 6.45) is 0. The highest BCUT2D eigenvalue weighted by molar-refractivity contribution is 6.35. The van der Waals surface area contributed by atoms with Crippen LogP contribution in [0.3, 0.4) is 0 Å². The third-order valence-electron chi connectivity index (χ3n) is 4.18. The molecule has 0 aliphatic rings. The minimum atomic E-state index is 0.295. The van der Waals surface area contributed by atoms with Crippen molar-refractivity contribution in [3.8, 4) is 0 Å². The topological polar surface area (TPSA) is 15.3 Å². The number of halogens is 3. The zero-order valence-electron chi connectivity index (χ0n) is 14.0. The molecule has 1 unspecified atom stereocenters. The van der Waals surface area contributed by atoms with Crippen LogP contribution in [0.5, 0.6) is 0 Å². The fourth-order valence-corrected chi connectivity index (χ4v) is 3.42. The van der Waals surface area contributed by atoms with E-state index < -0.39 is 0 Å². The lowest BCUT2D eigenvalue weighted by Gasteiger charge is -2.30. The Hall–Kier alpha value is -0.770. The molecule has 0 saturated carbocycles. The zero-order chi connectivity index (χ0) is 17.5. The van der Waals surface area contributed by atoms with Crippen LogP contribution < -0.4 is 5.32 Å². The predicted octanol–water partition coefficient (Wildman–Crippen LogP) is 5.82.